The highest BCUT2D eigenvalue weighted by molar-refractivity contribution is 8.00. The van der Waals surface area contributed by atoms with Crippen LogP contribution in [0.25, 0.3) is 0 Å². The second-order valence-corrected chi connectivity index (χ2v) is 6.70. The molecule has 92 valence electrons. The minimum atomic E-state index is 0.436. The first-order valence-electron chi connectivity index (χ1n) is 6.78. The normalized spacial score (nSPS) is 30.4. The van der Waals surface area contributed by atoms with Crippen LogP contribution in [0.4, 0.5) is 0 Å². The van der Waals surface area contributed by atoms with E-state index in [0.717, 1.165) is 6.61 Å². The lowest BCUT2D eigenvalue weighted by Gasteiger charge is -2.26. The van der Waals surface area contributed by atoms with Gasteiger partial charge in [0.15, 0.2) is 0 Å². The van der Waals surface area contributed by atoms with Gasteiger partial charge in [-0.05, 0) is 56.3 Å². The lowest BCUT2D eigenvalue weighted by molar-refractivity contribution is 0.202. The van der Waals surface area contributed by atoms with Gasteiger partial charge in [-0.25, -0.2) is 0 Å². The van der Waals surface area contributed by atoms with Crippen molar-refractivity contribution >= 4 is 11.8 Å². The molecule has 16 heavy (non-hydrogen) atoms. The Morgan fingerprint density at radius 2 is 2.06 bits per heavy atom. The maximum Gasteiger partial charge on any atom is 0.102 e. The molecule has 2 aliphatic rings. The predicted octanol–water partition coefficient (Wildman–Crippen LogP) is 4.53. The van der Waals surface area contributed by atoms with Crippen molar-refractivity contribution < 1.29 is 4.74 Å². The summed E-state index contributed by atoms with van der Waals surface area (Å²) in [6, 6.07) is 0. The Morgan fingerprint density at radius 3 is 2.69 bits per heavy atom. The monoisotopic (exact) mass is 240 g/mol. The van der Waals surface area contributed by atoms with Crippen molar-refractivity contribution in [2.45, 2.75) is 63.0 Å². The second-order valence-electron chi connectivity index (χ2n) is 5.14. The van der Waals surface area contributed by atoms with E-state index >= 15 is 0 Å². The molecule has 1 nitrogen and oxygen atoms in total. The van der Waals surface area contributed by atoms with E-state index in [2.05, 4.69) is 24.9 Å². The molecule has 1 saturated heterocycles. The van der Waals surface area contributed by atoms with E-state index in [1.807, 2.05) is 0 Å². The zero-order valence-electron chi connectivity index (χ0n) is 10.5. The Balaban J connectivity index is 1.77. The van der Waals surface area contributed by atoms with Gasteiger partial charge >= 0.3 is 0 Å². The molecule has 1 aliphatic carbocycles. The molecule has 0 bridgehead atoms. The molecule has 0 aromatic rings. The fourth-order valence-corrected chi connectivity index (χ4v) is 4.05. The van der Waals surface area contributed by atoms with E-state index in [1.165, 1.54) is 57.1 Å². The topological polar surface area (TPSA) is 9.23 Å². The van der Waals surface area contributed by atoms with E-state index in [0.29, 0.717) is 4.75 Å². The van der Waals surface area contributed by atoms with Crippen LogP contribution >= 0.6 is 11.8 Å². The minimum Gasteiger partial charge on any atom is -0.500 e. The van der Waals surface area contributed by atoms with Crippen LogP contribution in [0.1, 0.15) is 58.3 Å². The van der Waals surface area contributed by atoms with Crippen LogP contribution < -0.4 is 0 Å². The largest absolute Gasteiger partial charge is 0.500 e. The highest BCUT2D eigenvalue weighted by atomic mass is 32.2. The molecule has 1 aliphatic heterocycles. The number of allylic oxidation sites excluding steroid dienone is 1. The Kier molecular flexibility index (Phi) is 4.63. The van der Waals surface area contributed by atoms with Gasteiger partial charge in [0.25, 0.3) is 0 Å². The van der Waals surface area contributed by atoms with Crippen LogP contribution in [0.3, 0.4) is 0 Å². The fourth-order valence-electron chi connectivity index (χ4n) is 2.69. The molecule has 0 radical (unpaired) electrons. The Bertz CT molecular complexity index is 233. The van der Waals surface area contributed by atoms with Gasteiger partial charge in [0.1, 0.15) is 6.61 Å². The van der Waals surface area contributed by atoms with Crippen molar-refractivity contribution in [2.24, 2.45) is 0 Å². The highest BCUT2D eigenvalue weighted by Crippen LogP contribution is 2.41. The van der Waals surface area contributed by atoms with Crippen molar-refractivity contribution in [1.29, 1.82) is 0 Å². The first kappa shape index (κ1) is 12.3. The molecule has 0 aromatic heterocycles. The maximum atomic E-state index is 5.87. The van der Waals surface area contributed by atoms with Crippen LogP contribution in [0.2, 0.25) is 0 Å². The summed E-state index contributed by atoms with van der Waals surface area (Å²) in [6.07, 6.45) is 12.7. The average Bonchev–Trinajstić information content (AvgIpc) is 2.80. The maximum absolute atomic E-state index is 5.87. The zero-order chi connectivity index (χ0) is 11.3. The number of ether oxygens (including phenoxy) is 1. The lowest BCUT2D eigenvalue weighted by atomic mass is 9.96. The molecular formula is C14H24OS. The summed E-state index contributed by atoms with van der Waals surface area (Å²) in [5, 5.41) is 0. The summed E-state index contributed by atoms with van der Waals surface area (Å²) < 4.78 is 6.30. The van der Waals surface area contributed by atoms with E-state index in [9.17, 15) is 0 Å². The Hall–Kier alpha value is -0.110. The lowest BCUT2D eigenvalue weighted by Crippen LogP contribution is -2.26. The van der Waals surface area contributed by atoms with Gasteiger partial charge in [-0.1, -0.05) is 13.3 Å². The Labute approximate surface area is 104 Å². The predicted molar refractivity (Wildman–Crippen MR) is 71.8 cm³/mol. The quantitative estimate of drug-likeness (QED) is 0.668. The van der Waals surface area contributed by atoms with Crippen molar-refractivity contribution in [1.82, 2.24) is 0 Å². The minimum absolute atomic E-state index is 0.436. The van der Waals surface area contributed by atoms with Crippen molar-refractivity contribution in [3.8, 4) is 0 Å². The SMILES string of the molecule is CCC1(COC=C2CCCCC2)CCCS1. The molecule has 2 heteroatoms. The van der Waals surface area contributed by atoms with Crippen LogP contribution in [0.15, 0.2) is 11.8 Å². The number of hydrogen-bond donors (Lipinski definition) is 0. The van der Waals surface area contributed by atoms with Crippen LogP contribution in [-0.2, 0) is 4.74 Å². The van der Waals surface area contributed by atoms with Crippen LogP contribution in [-0.4, -0.2) is 17.1 Å². The summed E-state index contributed by atoms with van der Waals surface area (Å²) in [4.78, 5) is 0. The van der Waals surface area contributed by atoms with E-state index in [4.69, 9.17) is 4.74 Å². The van der Waals surface area contributed by atoms with E-state index in [-0.39, 0.29) is 0 Å². The molecule has 1 unspecified atom stereocenters. The van der Waals surface area contributed by atoms with Gasteiger partial charge in [0.2, 0.25) is 0 Å². The molecule has 1 atom stereocenters. The first-order valence-corrected chi connectivity index (χ1v) is 7.77. The third kappa shape index (κ3) is 3.19. The molecule has 0 N–H and O–H groups in total. The summed E-state index contributed by atoms with van der Waals surface area (Å²) in [5.41, 5.74) is 1.54. The Morgan fingerprint density at radius 1 is 1.25 bits per heavy atom. The molecule has 0 aromatic carbocycles. The van der Waals surface area contributed by atoms with Gasteiger partial charge in [-0.3, -0.25) is 0 Å². The third-order valence-corrected chi connectivity index (χ3v) is 5.64. The summed E-state index contributed by atoms with van der Waals surface area (Å²) >= 11 is 2.12. The van der Waals surface area contributed by atoms with Crippen molar-refractivity contribution in [2.75, 3.05) is 12.4 Å². The number of hydrogen-bond acceptors (Lipinski definition) is 2. The average molecular weight is 240 g/mol. The van der Waals surface area contributed by atoms with Gasteiger partial charge in [0, 0.05) is 4.75 Å². The van der Waals surface area contributed by atoms with Gasteiger partial charge in [-0.2, -0.15) is 11.8 Å². The zero-order valence-corrected chi connectivity index (χ0v) is 11.3. The molecule has 0 spiro atoms. The summed E-state index contributed by atoms with van der Waals surface area (Å²) in [7, 11) is 0. The first-order chi connectivity index (χ1) is 7.85. The van der Waals surface area contributed by atoms with Gasteiger partial charge in [-0.15, -0.1) is 0 Å². The summed E-state index contributed by atoms with van der Waals surface area (Å²) in [6.45, 7) is 3.23. The van der Waals surface area contributed by atoms with Crippen LogP contribution in [0.5, 0.6) is 0 Å². The van der Waals surface area contributed by atoms with Crippen molar-refractivity contribution in [3.63, 3.8) is 0 Å². The van der Waals surface area contributed by atoms with Crippen molar-refractivity contribution in [3.05, 3.63) is 11.8 Å². The molecule has 1 saturated carbocycles. The number of rotatable bonds is 4. The second kappa shape index (κ2) is 6.00. The van der Waals surface area contributed by atoms with Crippen LogP contribution in [0, 0.1) is 0 Å². The molecular weight excluding hydrogens is 216 g/mol. The van der Waals surface area contributed by atoms with E-state index < -0.39 is 0 Å². The van der Waals surface area contributed by atoms with Gasteiger partial charge < -0.3 is 4.74 Å². The molecule has 2 fully saturated rings. The molecule has 0 amide bonds. The fraction of sp³-hybridized carbons (Fsp3) is 0.857. The standard InChI is InChI=1S/C14H24OS/c1-2-14(9-6-10-16-14)12-15-11-13-7-4-3-5-8-13/h11H,2-10,12H2,1H3. The summed E-state index contributed by atoms with van der Waals surface area (Å²) in [5.74, 6) is 1.33. The smallest absolute Gasteiger partial charge is 0.102 e. The highest BCUT2D eigenvalue weighted by Gasteiger charge is 2.33. The third-order valence-electron chi connectivity index (χ3n) is 3.92. The number of thioether (sulfide) groups is 1. The van der Waals surface area contributed by atoms with E-state index in [1.54, 1.807) is 5.57 Å². The molecule has 2 rings (SSSR count). The molecule has 1 heterocycles. The van der Waals surface area contributed by atoms with Gasteiger partial charge in [0.05, 0.1) is 6.26 Å².